The van der Waals surface area contributed by atoms with Gasteiger partial charge in [0.2, 0.25) is 0 Å². The van der Waals surface area contributed by atoms with Gasteiger partial charge in [-0.05, 0) is 22.2 Å². The molecule has 0 spiro atoms. The zero-order valence-electron chi connectivity index (χ0n) is 10.4. The van der Waals surface area contributed by atoms with Gasteiger partial charge < -0.3 is 8.86 Å². The number of nitrogens with zero attached hydrogens (tertiary/aromatic N) is 4. The van der Waals surface area contributed by atoms with Gasteiger partial charge in [-0.3, -0.25) is 4.67 Å². The second-order valence-corrected chi connectivity index (χ2v) is 6.26. The lowest BCUT2D eigenvalue weighted by atomic mass is 10.1. The third-order valence-electron chi connectivity index (χ3n) is 3.73. The summed E-state index contributed by atoms with van der Waals surface area (Å²) in [5.74, 6) is 0. The van der Waals surface area contributed by atoms with Crippen molar-refractivity contribution < 1.29 is 4.52 Å². The largest absolute Gasteiger partial charge is 0.364 e. The first kappa shape index (κ1) is 13.8. The average molecular weight is 314 g/mol. The van der Waals surface area contributed by atoms with Gasteiger partial charge in [-0.25, -0.2) is 9.97 Å². The lowest BCUT2D eigenvalue weighted by Gasteiger charge is -2.24. The Morgan fingerprint density at radius 1 is 1.37 bits per heavy atom. The van der Waals surface area contributed by atoms with Crippen LogP contribution in [0.3, 0.4) is 0 Å². The van der Waals surface area contributed by atoms with Crippen LogP contribution in [-0.4, -0.2) is 31.6 Å². The second-order valence-electron chi connectivity index (χ2n) is 4.78. The molecule has 2 aromatic heterocycles. The van der Waals surface area contributed by atoms with Gasteiger partial charge >= 0.3 is 0 Å². The first-order chi connectivity index (χ1) is 9.22. The van der Waals surface area contributed by atoms with Gasteiger partial charge in [0.15, 0.2) is 0 Å². The summed E-state index contributed by atoms with van der Waals surface area (Å²) in [6.07, 6.45) is 7.86. The molecule has 8 heteroatoms. The standard InChI is InChI=1S/C11H17N4OP3/c17-14-4-8(11-10(14)3-12-6-13-11)9-2-1-7(5-16-19)15(9)18/h3-4,6-7,9H,1-2,5,17-19H2. The molecule has 1 aliphatic rings. The number of rotatable bonds is 3. The highest BCUT2D eigenvalue weighted by Gasteiger charge is 2.33. The van der Waals surface area contributed by atoms with Crippen LogP contribution in [-0.2, 0) is 4.52 Å². The Morgan fingerprint density at radius 3 is 3.00 bits per heavy atom. The highest BCUT2D eigenvalue weighted by Crippen LogP contribution is 2.41. The Morgan fingerprint density at radius 2 is 2.21 bits per heavy atom. The van der Waals surface area contributed by atoms with Crippen molar-refractivity contribution in [3.8, 4) is 0 Å². The summed E-state index contributed by atoms with van der Waals surface area (Å²) < 4.78 is 9.53. The maximum absolute atomic E-state index is 5.20. The van der Waals surface area contributed by atoms with Gasteiger partial charge in [0, 0.05) is 33.3 Å². The van der Waals surface area contributed by atoms with Crippen LogP contribution in [0.5, 0.6) is 0 Å². The minimum Gasteiger partial charge on any atom is -0.364 e. The molecule has 0 amide bonds. The summed E-state index contributed by atoms with van der Waals surface area (Å²) in [4.78, 5) is 8.53. The van der Waals surface area contributed by atoms with Gasteiger partial charge in [-0.2, -0.15) is 0 Å². The maximum atomic E-state index is 5.20. The molecular formula is C11H17N4OP3. The summed E-state index contributed by atoms with van der Waals surface area (Å²) in [5.41, 5.74) is 3.34. The van der Waals surface area contributed by atoms with Crippen LogP contribution in [0.1, 0.15) is 24.4 Å². The van der Waals surface area contributed by atoms with Crippen LogP contribution in [0.4, 0.5) is 0 Å². The first-order valence-electron chi connectivity index (χ1n) is 6.13. The highest BCUT2D eigenvalue weighted by atomic mass is 31.0. The zero-order valence-corrected chi connectivity index (χ0v) is 13.9. The molecule has 0 N–H and O–H groups in total. The summed E-state index contributed by atoms with van der Waals surface area (Å²) in [6, 6.07) is 0.812. The molecule has 3 rings (SSSR count). The molecule has 0 radical (unpaired) electrons. The average Bonchev–Trinajstić information content (AvgIpc) is 2.93. The van der Waals surface area contributed by atoms with Crippen molar-refractivity contribution >= 4 is 39.3 Å². The van der Waals surface area contributed by atoms with E-state index in [1.54, 1.807) is 6.33 Å². The predicted molar refractivity (Wildman–Crippen MR) is 85.6 cm³/mol. The fraction of sp³-hybridized carbons (Fsp3) is 0.455. The topological polar surface area (TPSA) is 43.2 Å². The van der Waals surface area contributed by atoms with Crippen LogP contribution >= 0.6 is 28.2 Å². The van der Waals surface area contributed by atoms with E-state index in [0.717, 1.165) is 30.5 Å². The van der Waals surface area contributed by atoms with Crippen molar-refractivity contribution in [3.63, 3.8) is 0 Å². The Labute approximate surface area is 119 Å². The monoisotopic (exact) mass is 314 g/mol. The molecule has 0 aliphatic carbocycles. The van der Waals surface area contributed by atoms with E-state index in [2.05, 4.69) is 49.1 Å². The van der Waals surface area contributed by atoms with E-state index in [1.807, 2.05) is 10.5 Å². The minimum absolute atomic E-state index is 0.370. The Balaban J connectivity index is 1.97. The maximum Gasteiger partial charge on any atom is 0.116 e. The van der Waals surface area contributed by atoms with Gasteiger partial charge in [-0.15, -0.1) is 0 Å². The molecule has 5 unspecified atom stereocenters. The van der Waals surface area contributed by atoms with Crippen molar-refractivity contribution in [2.75, 3.05) is 6.61 Å². The molecule has 19 heavy (non-hydrogen) atoms. The van der Waals surface area contributed by atoms with Crippen molar-refractivity contribution in [1.29, 1.82) is 0 Å². The predicted octanol–water partition coefficient (Wildman–Crippen LogP) is 2.17. The van der Waals surface area contributed by atoms with E-state index in [1.165, 1.54) is 5.56 Å². The third kappa shape index (κ3) is 2.44. The van der Waals surface area contributed by atoms with Crippen LogP contribution in [0.15, 0.2) is 18.7 Å². The Hall–Kier alpha value is -0.170. The quantitative estimate of drug-likeness (QED) is 0.815. The van der Waals surface area contributed by atoms with E-state index >= 15 is 0 Å². The summed E-state index contributed by atoms with van der Waals surface area (Å²) in [7, 11) is 7.87. The molecule has 3 heterocycles. The zero-order chi connectivity index (χ0) is 13.4. The molecule has 1 saturated heterocycles. The van der Waals surface area contributed by atoms with E-state index < -0.39 is 0 Å². The smallest absolute Gasteiger partial charge is 0.116 e. The lowest BCUT2D eigenvalue weighted by Crippen LogP contribution is -2.25. The van der Waals surface area contributed by atoms with Gasteiger partial charge in [0.05, 0.1) is 23.8 Å². The molecule has 0 aromatic carbocycles. The van der Waals surface area contributed by atoms with Crippen LogP contribution in [0.2, 0.25) is 0 Å². The van der Waals surface area contributed by atoms with E-state index in [4.69, 9.17) is 4.52 Å². The summed E-state index contributed by atoms with van der Waals surface area (Å²) >= 11 is 0. The number of fused-ring (bicyclic) bond motifs is 1. The normalized spacial score (nSPS) is 24.4. The van der Waals surface area contributed by atoms with Crippen LogP contribution < -0.4 is 0 Å². The fourth-order valence-corrected chi connectivity index (χ4v) is 3.87. The van der Waals surface area contributed by atoms with Crippen molar-refractivity contribution in [3.05, 3.63) is 24.3 Å². The first-order valence-corrected chi connectivity index (χ1v) is 7.63. The molecule has 5 atom stereocenters. The molecule has 1 fully saturated rings. The molecular weight excluding hydrogens is 297 g/mol. The second kappa shape index (κ2) is 5.68. The van der Waals surface area contributed by atoms with E-state index in [-0.39, 0.29) is 0 Å². The highest BCUT2D eigenvalue weighted by molar-refractivity contribution is 7.15. The fourth-order valence-electron chi connectivity index (χ4n) is 2.76. The number of hydrogen-bond donors (Lipinski definition) is 0. The van der Waals surface area contributed by atoms with E-state index in [0.29, 0.717) is 12.1 Å². The lowest BCUT2D eigenvalue weighted by molar-refractivity contribution is 0.251. The van der Waals surface area contributed by atoms with Gasteiger partial charge in [-0.1, -0.05) is 9.39 Å². The molecule has 102 valence electrons. The SMILES string of the molecule is POCC1CCC(c2cn(P)c3cncnc23)N1P. The number of aromatic nitrogens is 3. The van der Waals surface area contributed by atoms with Crippen molar-refractivity contribution in [1.82, 2.24) is 19.0 Å². The van der Waals surface area contributed by atoms with Gasteiger partial charge in [0.25, 0.3) is 0 Å². The van der Waals surface area contributed by atoms with E-state index in [9.17, 15) is 0 Å². The molecule has 0 saturated carbocycles. The van der Waals surface area contributed by atoms with Crippen molar-refractivity contribution in [2.24, 2.45) is 0 Å². The van der Waals surface area contributed by atoms with Gasteiger partial charge in [0.1, 0.15) is 6.33 Å². The molecule has 5 nitrogen and oxygen atoms in total. The summed E-state index contributed by atoms with van der Waals surface area (Å²) in [5, 5.41) is 0. The summed E-state index contributed by atoms with van der Waals surface area (Å²) in [6.45, 7) is 0.735. The molecule has 0 bridgehead atoms. The van der Waals surface area contributed by atoms with Crippen LogP contribution in [0.25, 0.3) is 11.0 Å². The minimum atomic E-state index is 0.370. The third-order valence-corrected chi connectivity index (χ3v) is 5.13. The van der Waals surface area contributed by atoms with Crippen molar-refractivity contribution in [2.45, 2.75) is 24.9 Å². The molecule has 2 aromatic rings. The molecule has 1 aliphatic heterocycles. The number of hydrogen-bond acceptors (Lipinski definition) is 4. The Bertz CT molecular complexity index is 590. The van der Waals surface area contributed by atoms with Crippen LogP contribution in [0, 0.1) is 0 Å². The Kier molecular flexibility index (Phi) is 4.12.